The van der Waals surface area contributed by atoms with Crippen molar-refractivity contribution in [3.63, 3.8) is 0 Å². The predicted octanol–water partition coefficient (Wildman–Crippen LogP) is 2.74. The molecule has 2 aromatic rings. The van der Waals surface area contributed by atoms with Gasteiger partial charge in [-0.15, -0.1) is 0 Å². The Morgan fingerprint density at radius 3 is 2.37 bits per heavy atom. The van der Waals surface area contributed by atoms with E-state index in [-0.39, 0.29) is 11.8 Å². The monoisotopic (exact) mass is 367 g/mol. The first-order valence-corrected chi connectivity index (χ1v) is 9.66. The number of likely N-dealkylation sites (N-methyl/N-ethyl adjacent to an activating group) is 1. The van der Waals surface area contributed by atoms with Crippen LogP contribution in [-0.2, 0) is 4.79 Å². The summed E-state index contributed by atoms with van der Waals surface area (Å²) in [6.07, 6.45) is 0. The van der Waals surface area contributed by atoms with Crippen molar-refractivity contribution < 1.29 is 9.53 Å². The van der Waals surface area contributed by atoms with Gasteiger partial charge in [-0.05, 0) is 24.6 Å². The number of ether oxygens (including phenoxy) is 1. The molecule has 144 valence electrons. The molecule has 2 aromatic carbocycles. The first-order valence-electron chi connectivity index (χ1n) is 9.66. The molecule has 0 saturated carbocycles. The van der Waals surface area contributed by atoms with Crippen LogP contribution in [0.2, 0.25) is 0 Å². The second-order valence-corrected chi connectivity index (χ2v) is 6.82. The Morgan fingerprint density at radius 2 is 1.70 bits per heavy atom. The lowest BCUT2D eigenvalue weighted by Gasteiger charge is -2.37. The molecule has 0 radical (unpaired) electrons. The summed E-state index contributed by atoms with van der Waals surface area (Å²) in [6, 6.07) is 18.2. The minimum Gasteiger partial charge on any atom is -0.495 e. The van der Waals surface area contributed by atoms with E-state index < -0.39 is 0 Å². The van der Waals surface area contributed by atoms with Crippen molar-refractivity contribution in [2.75, 3.05) is 51.3 Å². The normalized spacial score (nSPS) is 16.0. The Kier molecular flexibility index (Phi) is 6.71. The average Bonchev–Trinajstić information content (AvgIpc) is 2.73. The Morgan fingerprint density at radius 1 is 1.04 bits per heavy atom. The van der Waals surface area contributed by atoms with E-state index in [0.717, 1.165) is 49.7 Å². The molecule has 1 N–H and O–H groups in total. The van der Waals surface area contributed by atoms with Crippen molar-refractivity contribution in [1.82, 2.24) is 10.2 Å². The van der Waals surface area contributed by atoms with Crippen LogP contribution in [0, 0.1) is 0 Å². The summed E-state index contributed by atoms with van der Waals surface area (Å²) < 4.78 is 5.50. The third-order valence-electron chi connectivity index (χ3n) is 5.11. The van der Waals surface area contributed by atoms with Gasteiger partial charge in [0.05, 0.1) is 18.7 Å². The summed E-state index contributed by atoms with van der Waals surface area (Å²) in [5.41, 5.74) is 2.22. The van der Waals surface area contributed by atoms with Crippen LogP contribution in [0.15, 0.2) is 54.6 Å². The molecular weight excluding hydrogens is 338 g/mol. The highest BCUT2D eigenvalue weighted by Crippen LogP contribution is 2.28. The molecule has 5 heteroatoms. The molecule has 27 heavy (non-hydrogen) atoms. The fourth-order valence-electron chi connectivity index (χ4n) is 3.64. The van der Waals surface area contributed by atoms with E-state index in [1.165, 1.54) is 0 Å². The fraction of sp³-hybridized carbons (Fsp3) is 0.409. The summed E-state index contributed by atoms with van der Waals surface area (Å²) in [5, 5.41) is 2.99. The number of piperazine rings is 1. The van der Waals surface area contributed by atoms with Crippen molar-refractivity contribution in [2.45, 2.75) is 12.8 Å². The van der Waals surface area contributed by atoms with Gasteiger partial charge in [0, 0.05) is 39.3 Å². The molecule has 1 aliphatic rings. The van der Waals surface area contributed by atoms with Crippen LogP contribution in [0.5, 0.6) is 5.75 Å². The van der Waals surface area contributed by atoms with E-state index >= 15 is 0 Å². The number of carbonyl (C=O) groups is 1. The molecule has 0 aromatic heterocycles. The first kappa shape index (κ1) is 19.2. The van der Waals surface area contributed by atoms with Gasteiger partial charge in [0.2, 0.25) is 5.91 Å². The number of hydrogen-bond acceptors (Lipinski definition) is 4. The number of para-hydroxylation sites is 2. The second-order valence-electron chi connectivity index (χ2n) is 6.82. The average molecular weight is 367 g/mol. The lowest BCUT2D eigenvalue weighted by molar-refractivity contribution is -0.122. The Bertz CT molecular complexity index is 727. The van der Waals surface area contributed by atoms with Gasteiger partial charge in [0.25, 0.3) is 0 Å². The maximum atomic E-state index is 12.6. The number of anilines is 1. The summed E-state index contributed by atoms with van der Waals surface area (Å²) in [5.74, 6) is 0.884. The van der Waals surface area contributed by atoms with E-state index in [0.29, 0.717) is 6.54 Å². The molecule has 1 aliphatic heterocycles. The molecule has 0 bridgehead atoms. The molecule has 1 amide bonds. The molecule has 0 spiro atoms. The molecule has 5 nitrogen and oxygen atoms in total. The van der Waals surface area contributed by atoms with Crippen molar-refractivity contribution in [2.24, 2.45) is 0 Å². The van der Waals surface area contributed by atoms with Crippen LogP contribution in [0.1, 0.15) is 18.4 Å². The van der Waals surface area contributed by atoms with Gasteiger partial charge in [0.15, 0.2) is 0 Å². The minimum absolute atomic E-state index is 0.107. The number of nitrogens with one attached hydrogen (secondary N) is 1. The van der Waals surface area contributed by atoms with Crippen LogP contribution >= 0.6 is 0 Å². The van der Waals surface area contributed by atoms with Gasteiger partial charge < -0.3 is 15.0 Å². The summed E-state index contributed by atoms with van der Waals surface area (Å²) in [7, 11) is 1.71. The zero-order chi connectivity index (χ0) is 19.1. The zero-order valence-corrected chi connectivity index (χ0v) is 16.2. The van der Waals surface area contributed by atoms with E-state index in [4.69, 9.17) is 4.74 Å². The van der Waals surface area contributed by atoms with Crippen molar-refractivity contribution >= 4 is 11.6 Å². The smallest absolute Gasteiger partial charge is 0.228 e. The van der Waals surface area contributed by atoms with Crippen molar-refractivity contribution in [3.05, 3.63) is 60.2 Å². The van der Waals surface area contributed by atoms with Crippen LogP contribution in [-0.4, -0.2) is 57.2 Å². The summed E-state index contributed by atoms with van der Waals surface area (Å²) >= 11 is 0. The predicted molar refractivity (Wildman–Crippen MR) is 110 cm³/mol. The Labute approximate surface area is 161 Å². The van der Waals surface area contributed by atoms with Crippen LogP contribution < -0.4 is 15.0 Å². The van der Waals surface area contributed by atoms with Gasteiger partial charge in [-0.1, -0.05) is 42.5 Å². The number of hydrogen-bond donors (Lipinski definition) is 1. The molecule has 1 atom stereocenters. The summed E-state index contributed by atoms with van der Waals surface area (Å²) in [6.45, 7) is 7.08. The Hall–Kier alpha value is -2.53. The third kappa shape index (κ3) is 4.80. The highest BCUT2D eigenvalue weighted by atomic mass is 16.5. The van der Waals surface area contributed by atoms with Gasteiger partial charge >= 0.3 is 0 Å². The number of rotatable bonds is 7. The van der Waals surface area contributed by atoms with E-state index in [9.17, 15) is 4.79 Å². The molecule has 0 aliphatic carbocycles. The number of carbonyl (C=O) groups excluding carboxylic acids is 1. The van der Waals surface area contributed by atoms with Crippen LogP contribution in [0.25, 0.3) is 0 Å². The topological polar surface area (TPSA) is 44.8 Å². The highest BCUT2D eigenvalue weighted by molar-refractivity contribution is 5.83. The standard InChI is InChI=1S/C22H29N3O2/c1-3-23-22(26)19(18-9-5-4-6-10-18)17-24-13-15-25(16-14-24)20-11-7-8-12-21(20)27-2/h4-12,19H,3,13-17H2,1-2H3,(H,23,26). The lowest BCUT2D eigenvalue weighted by atomic mass is 9.97. The number of amides is 1. The molecule has 1 heterocycles. The van der Waals surface area contributed by atoms with E-state index in [1.807, 2.05) is 55.5 Å². The molecule has 1 unspecified atom stereocenters. The molecule has 1 fully saturated rings. The molecule has 1 saturated heterocycles. The lowest BCUT2D eigenvalue weighted by Crippen LogP contribution is -2.49. The maximum Gasteiger partial charge on any atom is 0.228 e. The molecular formula is C22H29N3O2. The third-order valence-corrected chi connectivity index (χ3v) is 5.11. The second kappa shape index (κ2) is 9.42. The SMILES string of the molecule is CCNC(=O)C(CN1CCN(c2ccccc2OC)CC1)c1ccccc1. The van der Waals surface area contributed by atoms with Gasteiger partial charge in [-0.3, -0.25) is 9.69 Å². The first-order chi connectivity index (χ1) is 13.2. The number of benzene rings is 2. The number of methoxy groups -OCH3 is 1. The zero-order valence-electron chi connectivity index (χ0n) is 16.2. The van der Waals surface area contributed by atoms with Gasteiger partial charge in [-0.2, -0.15) is 0 Å². The minimum atomic E-state index is -0.135. The fourth-order valence-corrected chi connectivity index (χ4v) is 3.64. The number of nitrogens with zero attached hydrogens (tertiary/aromatic N) is 2. The van der Waals surface area contributed by atoms with Gasteiger partial charge in [-0.25, -0.2) is 0 Å². The van der Waals surface area contributed by atoms with E-state index in [1.54, 1.807) is 7.11 Å². The van der Waals surface area contributed by atoms with Crippen molar-refractivity contribution in [1.29, 1.82) is 0 Å². The molecule has 3 rings (SSSR count). The van der Waals surface area contributed by atoms with Crippen LogP contribution in [0.4, 0.5) is 5.69 Å². The largest absolute Gasteiger partial charge is 0.495 e. The summed E-state index contributed by atoms with van der Waals surface area (Å²) in [4.78, 5) is 17.4. The maximum absolute atomic E-state index is 12.6. The van der Waals surface area contributed by atoms with Gasteiger partial charge in [0.1, 0.15) is 5.75 Å². The quantitative estimate of drug-likeness (QED) is 0.817. The Balaban J connectivity index is 1.65. The van der Waals surface area contributed by atoms with Crippen LogP contribution in [0.3, 0.4) is 0 Å². The van der Waals surface area contributed by atoms with Crippen molar-refractivity contribution in [3.8, 4) is 5.75 Å². The van der Waals surface area contributed by atoms with E-state index in [2.05, 4.69) is 21.2 Å². The highest BCUT2D eigenvalue weighted by Gasteiger charge is 2.26.